The van der Waals surface area contributed by atoms with E-state index in [1.54, 1.807) is 12.1 Å². The number of halogens is 1. The van der Waals surface area contributed by atoms with E-state index in [-0.39, 0.29) is 29.9 Å². The molecule has 0 saturated carbocycles. The first-order chi connectivity index (χ1) is 12.3. The van der Waals surface area contributed by atoms with Crippen LogP contribution in [0.4, 0.5) is 0 Å². The lowest BCUT2D eigenvalue weighted by atomic mass is 10.3. The van der Waals surface area contributed by atoms with Crippen LogP contribution in [-0.4, -0.2) is 75.8 Å². The minimum Gasteiger partial charge on any atom is -0.459 e. The monoisotopic (exact) mass is 479 g/mol. The summed E-state index contributed by atoms with van der Waals surface area (Å²) in [5.74, 6) is 0.889. The van der Waals surface area contributed by atoms with Gasteiger partial charge in [-0.3, -0.25) is 14.7 Å². The van der Waals surface area contributed by atoms with E-state index in [0.717, 1.165) is 58.3 Å². The number of hydrogen-bond donors (Lipinski definition) is 3. The Bertz CT molecular complexity index is 518. The zero-order valence-electron chi connectivity index (χ0n) is 15.3. The summed E-state index contributed by atoms with van der Waals surface area (Å²) in [5, 5.41) is 9.23. The molecule has 1 aliphatic rings. The molecule has 26 heavy (non-hydrogen) atoms. The smallest absolute Gasteiger partial charge is 0.287 e. The normalized spacial score (nSPS) is 15.2. The van der Waals surface area contributed by atoms with Gasteiger partial charge in [0, 0.05) is 45.8 Å². The van der Waals surface area contributed by atoms with Crippen molar-refractivity contribution in [2.75, 3.05) is 59.0 Å². The van der Waals surface area contributed by atoms with Gasteiger partial charge in [0.25, 0.3) is 5.91 Å². The van der Waals surface area contributed by atoms with Gasteiger partial charge < -0.3 is 25.1 Å². The van der Waals surface area contributed by atoms with Crippen LogP contribution in [0.1, 0.15) is 23.9 Å². The summed E-state index contributed by atoms with van der Waals surface area (Å²) in [5.41, 5.74) is 0. The quantitative estimate of drug-likeness (QED) is 0.211. The standard InChI is InChI=1S/C17H29N5O3.HI/c1-2-18-17(20-6-4-9-22-10-13-24-14-11-22)21-8-7-19-16(23)15-5-3-12-25-15;/h3,5,12H,2,4,6-11,13-14H2,1H3,(H,19,23)(H2,18,20,21);1H. The second kappa shape index (κ2) is 13.8. The molecule has 0 spiro atoms. The van der Waals surface area contributed by atoms with Crippen LogP contribution in [0.15, 0.2) is 27.8 Å². The van der Waals surface area contributed by atoms with Crippen LogP contribution in [0.25, 0.3) is 0 Å². The Morgan fingerprint density at radius 1 is 1.23 bits per heavy atom. The van der Waals surface area contributed by atoms with E-state index in [9.17, 15) is 4.79 Å². The molecule has 3 N–H and O–H groups in total. The average molecular weight is 479 g/mol. The van der Waals surface area contributed by atoms with E-state index in [2.05, 4.69) is 25.8 Å². The fraction of sp³-hybridized carbons (Fsp3) is 0.647. The first kappa shape index (κ1) is 22.7. The highest BCUT2D eigenvalue weighted by Crippen LogP contribution is 1.99. The lowest BCUT2D eigenvalue weighted by Gasteiger charge is -2.26. The maximum Gasteiger partial charge on any atom is 0.287 e. The van der Waals surface area contributed by atoms with Crippen molar-refractivity contribution in [3.05, 3.63) is 24.2 Å². The molecule has 0 aliphatic carbocycles. The van der Waals surface area contributed by atoms with Gasteiger partial charge in [0.1, 0.15) is 0 Å². The molecule has 8 nitrogen and oxygen atoms in total. The highest BCUT2D eigenvalue weighted by molar-refractivity contribution is 14.0. The van der Waals surface area contributed by atoms with Crippen molar-refractivity contribution in [3.8, 4) is 0 Å². The third kappa shape index (κ3) is 8.86. The molecule has 1 amide bonds. The maximum atomic E-state index is 11.7. The Morgan fingerprint density at radius 3 is 2.69 bits per heavy atom. The van der Waals surface area contributed by atoms with Gasteiger partial charge >= 0.3 is 0 Å². The summed E-state index contributed by atoms with van der Waals surface area (Å²) in [6.45, 7) is 9.43. The number of rotatable bonds is 9. The van der Waals surface area contributed by atoms with E-state index < -0.39 is 0 Å². The first-order valence-electron chi connectivity index (χ1n) is 8.93. The predicted molar refractivity (Wildman–Crippen MR) is 112 cm³/mol. The fourth-order valence-corrected chi connectivity index (χ4v) is 2.50. The number of ether oxygens (including phenoxy) is 1. The molecule has 2 heterocycles. The average Bonchev–Trinajstić information content (AvgIpc) is 3.17. The molecule has 0 unspecified atom stereocenters. The largest absolute Gasteiger partial charge is 0.459 e. The summed E-state index contributed by atoms with van der Waals surface area (Å²) in [6, 6.07) is 3.34. The molecule has 0 radical (unpaired) electrons. The highest BCUT2D eigenvalue weighted by Gasteiger charge is 2.09. The predicted octanol–water partition coefficient (Wildman–Crippen LogP) is 0.905. The van der Waals surface area contributed by atoms with E-state index >= 15 is 0 Å². The number of carbonyl (C=O) groups is 1. The summed E-state index contributed by atoms with van der Waals surface area (Å²) < 4.78 is 10.4. The Hall–Kier alpha value is -1.33. The van der Waals surface area contributed by atoms with Crippen LogP contribution in [0.3, 0.4) is 0 Å². The molecule has 1 aliphatic heterocycles. The molecule has 1 aromatic rings. The molecule has 148 valence electrons. The van der Waals surface area contributed by atoms with Gasteiger partial charge in [-0.05, 0) is 25.5 Å². The van der Waals surface area contributed by atoms with E-state index in [4.69, 9.17) is 9.15 Å². The van der Waals surface area contributed by atoms with E-state index in [0.29, 0.717) is 18.8 Å². The van der Waals surface area contributed by atoms with E-state index in [1.165, 1.54) is 6.26 Å². The van der Waals surface area contributed by atoms with Crippen molar-refractivity contribution in [2.45, 2.75) is 13.3 Å². The minimum absolute atomic E-state index is 0. The van der Waals surface area contributed by atoms with Gasteiger partial charge in [0.05, 0.1) is 19.5 Å². The molecular weight excluding hydrogens is 449 g/mol. The van der Waals surface area contributed by atoms with Crippen LogP contribution in [-0.2, 0) is 4.74 Å². The van der Waals surface area contributed by atoms with Crippen LogP contribution < -0.4 is 16.0 Å². The van der Waals surface area contributed by atoms with Gasteiger partial charge in [0.15, 0.2) is 11.7 Å². The van der Waals surface area contributed by atoms with Crippen LogP contribution >= 0.6 is 24.0 Å². The fourth-order valence-electron chi connectivity index (χ4n) is 2.50. The lowest BCUT2D eigenvalue weighted by molar-refractivity contribution is 0.0377. The number of amides is 1. The number of nitrogens with zero attached hydrogens (tertiary/aromatic N) is 2. The van der Waals surface area contributed by atoms with Crippen molar-refractivity contribution in [1.82, 2.24) is 20.9 Å². The Morgan fingerprint density at radius 2 is 2.00 bits per heavy atom. The maximum absolute atomic E-state index is 11.7. The molecule has 1 saturated heterocycles. The summed E-state index contributed by atoms with van der Waals surface area (Å²) >= 11 is 0. The number of guanidine groups is 1. The summed E-state index contributed by atoms with van der Waals surface area (Å²) in [4.78, 5) is 18.7. The number of hydrogen-bond acceptors (Lipinski definition) is 5. The molecule has 1 fully saturated rings. The molecule has 0 bridgehead atoms. The van der Waals surface area contributed by atoms with Crippen molar-refractivity contribution in [3.63, 3.8) is 0 Å². The van der Waals surface area contributed by atoms with Crippen molar-refractivity contribution in [1.29, 1.82) is 0 Å². The number of aliphatic imine (C=N–C) groups is 1. The van der Waals surface area contributed by atoms with Crippen LogP contribution in [0.5, 0.6) is 0 Å². The van der Waals surface area contributed by atoms with Crippen molar-refractivity contribution >= 4 is 35.8 Å². The Kier molecular flexibility index (Phi) is 12.1. The second-order valence-corrected chi connectivity index (χ2v) is 5.73. The second-order valence-electron chi connectivity index (χ2n) is 5.73. The number of morpholine rings is 1. The molecule has 9 heteroatoms. The number of nitrogens with one attached hydrogen (secondary N) is 3. The highest BCUT2D eigenvalue weighted by atomic mass is 127. The molecule has 1 aromatic heterocycles. The number of carbonyl (C=O) groups excluding carboxylic acids is 1. The minimum atomic E-state index is -0.209. The lowest BCUT2D eigenvalue weighted by Crippen LogP contribution is -2.41. The summed E-state index contributed by atoms with van der Waals surface area (Å²) in [7, 11) is 0. The molecule has 0 aromatic carbocycles. The van der Waals surface area contributed by atoms with Crippen molar-refractivity contribution in [2.24, 2.45) is 4.99 Å². The van der Waals surface area contributed by atoms with Gasteiger partial charge in [-0.2, -0.15) is 0 Å². The zero-order valence-corrected chi connectivity index (χ0v) is 17.7. The van der Waals surface area contributed by atoms with Crippen LogP contribution in [0.2, 0.25) is 0 Å². The van der Waals surface area contributed by atoms with E-state index in [1.807, 2.05) is 6.92 Å². The van der Waals surface area contributed by atoms with Gasteiger partial charge in [-0.1, -0.05) is 0 Å². The number of furan rings is 1. The third-order valence-electron chi connectivity index (χ3n) is 3.80. The molecule has 2 rings (SSSR count). The topological polar surface area (TPSA) is 91.1 Å². The Balaban J connectivity index is 0.00000338. The molecule has 0 atom stereocenters. The third-order valence-corrected chi connectivity index (χ3v) is 3.80. The summed E-state index contributed by atoms with van der Waals surface area (Å²) in [6.07, 6.45) is 2.51. The Labute approximate surface area is 172 Å². The van der Waals surface area contributed by atoms with Gasteiger partial charge in [-0.15, -0.1) is 24.0 Å². The molecular formula is C17H30IN5O3. The SMILES string of the molecule is CCNC(=NCCCN1CCOCC1)NCCNC(=O)c1ccco1.I. The van der Waals surface area contributed by atoms with Crippen LogP contribution in [0, 0.1) is 0 Å². The van der Waals surface area contributed by atoms with Crippen molar-refractivity contribution < 1.29 is 13.9 Å². The van der Waals surface area contributed by atoms with Gasteiger partial charge in [0.2, 0.25) is 0 Å². The van der Waals surface area contributed by atoms with Gasteiger partial charge in [-0.25, -0.2) is 0 Å². The first-order valence-corrected chi connectivity index (χ1v) is 8.93. The zero-order chi connectivity index (χ0) is 17.7.